The fraction of sp³-hybridized carbons (Fsp3) is 0.462. The molecule has 2 rings (SSSR count). The average Bonchev–Trinajstić information content (AvgIpc) is 2.84. The molecule has 20 heavy (non-hydrogen) atoms. The minimum absolute atomic E-state index is 0.133. The van der Waals surface area contributed by atoms with E-state index in [-0.39, 0.29) is 23.9 Å². The van der Waals surface area contributed by atoms with E-state index in [1.165, 1.54) is 12.1 Å². The normalized spacial score (nSPS) is 23.1. The number of halogens is 5. The van der Waals surface area contributed by atoms with Gasteiger partial charge in [-0.1, -0.05) is 6.07 Å². The summed E-state index contributed by atoms with van der Waals surface area (Å²) in [5.41, 5.74) is -1.97. The first-order valence-corrected chi connectivity index (χ1v) is 6.80. The molecule has 1 saturated heterocycles. The lowest BCUT2D eigenvalue weighted by molar-refractivity contribution is -0.214. The molecule has 1 aromatic rings. The first-order chi connectivity index (χ1) is 9.26. The molecular formula is C13H12BrF4NO. The van der Waals surface area contributed by atoms with Crippen molar-refractivity contribution in [1.82, 2.24) is 5.32 Å². The molecule has 1 aliphatic rings. The Morgan fingerprint density at radius 3 is 2.60 bits per heavy atom. The largest absolute Gasteiger partial charge is 0.402 e. The number of nitrogens with one attached hydrogen (secondary N) is 1. The van der Waals surface area contributed by atoms with Crippen molar-refractivity contribution in [3.8, 4) is 0 Å². The number of hydrogen-bond donors (Lipinski definition) is 1. The van der Waals surface area contributed by atoms with Gasteiger partial charge in [0.15, 0.2) is 5.78 Å². The van der Waals surface area contributed by atoms with Gasteiger partial charge in [-0.2, -0.15) is 13.2 Å². The molecule has 0 amide bonds. The molecule has 0 bridgehead atoms. The molecule has 1 atom stereocenters. The Kier molecular flexibility index (Phi) is 4.20. The lowest BCUT2D eigenvalue weighted by atomic mass is 9.79. The molecular weight excluding hydrogens is 342 g/mol. The summed E-state index contributed by atoms with van der Waals surface area (Å²) in [7, 11) is 0. The number of Topliss-reactive ketones (excluding diaryl/α,β-unsaturated/α-hetero) is 1. The van der Waals surface area contributed by atoms with Crippen molar-refractivity contribution >= 4 is 21.7 Å². The van der Waals surface area contributed by atoms with Gasteiger partial charge in [-0.3, -0.25) is 4.79 Å². The van der Waals surface area contributed by atoms with Crippen molar-refractivity contribution in [1.29, 1.82) is 0 Å². The van der Waals surface area contributed by atoms with Crippen molar-refractivity contribution in [2.75, 3.05) is 13.1 Å². The maximum Gasteiger partial charge on any atom is 0.402 e. The second-order valence-electron chi connectivity index (χ2n) is 4.86. The zero-order chi connectivity index (χ0) is 15.0. The fourth-order valence-electron chi connectivity index (χ4n) is 2.33. The summed E-state index contributed by atoms with van der Waals surface area (Å²) in [4.78, 5) is 12.1. The Labute approximate surface area is 121 Å². The Bertz CT molecular complexity index is 524. The molecule has 1 aliphatic heterocycles. The Balaban J connectivity index is 2.23. The van der Waals surface area contributed by atoms with Gasteiger partial charge in [0.1, 0.15) is 11.2 Å². The molecule has 1 unspecified atom stereocenters. The van der Waals surface area contributed by atoms with E-state index in [0.717, 1.165) is 6.07 Å². The van der Waals surface area contributed by atoms with E-state index in [1.54, 1.807) is 0 Å². The highest BCUT2D eigenvalue weighted by molar-refractivity contribution is 9.10. The third kappa shape index (κ3) is 2.74. The predicted octanol–water partition coefficient (Wildman–Crippen LogP) is 3.24. The van der Waals surface area contributed by atoms with Crippen molar-refractivity contribution < 1.29 is 22.4 Å². The van der Waals surface area contributed by atoms with Gasteiger partial charge < -0.3 is 5.32 Å². The van der Waals surface area contributed by atoms with E-state index in [1.807, 2.05) is 0 Å². The Morgan fingerprint density at radius 1 is 1.40 bits per heavy atom. The monoisotopic (exact) mass is 353 g/mol. The standard InChI is InChI=1S/C13H12BrF4NO/c14-9-5-8(1-2-10(9)15)6-11(20)12(13(16,17)18)3-4-19-7-12/h1-2,5,19H,3-4,6-7H2. The maximum absolute atomic E-state index is 13.2. The highest BCUT2D eigenvalue weighted by Gasteiger charge is 2.60. The third-order valence-electron chi connectivity index (χ3n) is 3.58. The van der Waals surface area contributed by atoms with Crippen LogP contribution in [-0.2, 0) is 11.2 Å². The van der Waals surface area contributed by atoms with Crippen LogP contribution in [0.15, 0.2) is 22.7 Å². The van der Waals surface area contributed by atoms with Gasteiger partial charge in [0, 0.05) is 13.0 Å². The van der Waals surface area contributed by atoms with Gasteiger partial charge in [0.05, 0.1) is 4.47 Å². The SMILES string of the molecule is O=C(Cc1ccc(F)c(Br)c1)C1(C(F)(F)F)CCNC1. The number of carbonyl (C=O) groups is 1. The zero-order valence-corrected chi connectivity index (χ0v) is 11.9. The van der Waals surface area contributed by atoms with Crippen LogP contribution in [-0.4, -0.2) is 25.0 Å². The molecule has 7 heteroatoms. The van der Waals surface area contributed by atoms with Gasteiger partial charge in [0.2, 0.25) is 0 Å². The summed E-state index contributed by atoms with van der Waals surface area (Å²) in [6.07, 6.45) is -5.19. The lowest BCUT2D eigenvalue weighted by Gasteiger charge is -2.29. The van der Waals surface area contributed by atoms with E-state index in [9.17, 15) is 22.4 Å². The van der Waals surface area contributed by atoms with Crippen LogP contribution < -0.4 is 5.32 Å². The molecule has 0 radical (unpaired) electrons. The summed E-state index contributed by atoms with van der Waals surface area (Å²) in [5.74, 6) is -1.40. The van der Waals surface area contributed by atoms with E-state index < -0.39 is 29.7 Å². The van der Waals surface area contributed by atoms with E-state index in [4.69, 9.17) is 0 Å². The minimum atomic E-state index is -4.58. The third-order valence-corrected chi connectivity index (χ3v) is 4.19. The first kappa shape index (κ1) is 15.4. The van der Waals surface area contributed by atoms with E-state index in [0.29, 0.717) is 5.56 Å². The molecule has 0 spiro atoms. The number of hydrogen-bond acceptors (Lipinski definition) is 2. The highest BCUT2D eigenvalue weighted by Crippen LogP contribution is 2.44. The van der Waals surface area contributed by atoms with Crippen LogP contribution in [0.3, 0.4) is 0 Å². The first-order valence-electron chi connectivity index (χ1n) is 6.01. The number of alkyl halides is 3. The van der Waals surface area contributed by atoms with Crippen LogP contribution in [0, 0.1) is 11.2 Å². The molecule has 1 aromatic carbocycles. The average molecular weight is 354 g/mol. The molecule has 2 nitrogen and oxygen atoms in total. The van der Waals surface area contributed by atoms with Gasteiger partial charge in [-0.25, -0.2) is 4.39 Å². The summed E-state index contributed by atoms with van der Waals surface area (Å²) < 4.78 is 52.8. The zero-order valence-electron chi connectivity index (χ0n) is 10.4. The van der Waals surface area contributed by atoms with Crippen LogP contribution in [0.1, 0.15) is 12.0 Å². The number of carbonyl (C=O) groups excluding carboxylic acids is 1. The summed E-state index contributed by atoms with van der Waals surface area (Å²) >= 11 is 2.95. The molecule has 0 aliphatic carbocycles. The number of ketones is 1. The fourth-order valence-corrected chi connectivity index (χ4v) is 2.76. The lowest BCUT2D eigenvalue weighted by Crippen LogP contribution is -2.47. The predicted molar refractivity (Wildman–Crippen MR) is 68.8 cm³/mol. The van der Waals surface area contributed by atoms with Crippen molar-refractivity contribution in [3.05, 3.63) is 34.1 Å². The van der Waals surface area contributed by atoms with Crippen LogP contribution in [0.2, 0.25) is 0 Å². The molecule has 110 valence electrons. The molecule has 1 N–H and O–H groups in total. The van der Waals surface area contributed by atoms with Crippen molar-refractivity contribution in [2.24, 2.45) is 5.41 Å². The van der Waals surface area contributed by atoms with Gasteiger partial charge >= 0.3 is 6.18 Å². The molecule has 1 fully saturated rings. The van der Waals surface area contributed by atoms with Gasteiger partial charge in [-0.15, -0.1) is 0 Å². The smallest absolute Gasteiger partial charge is 0.315 e. The van der Waals surface area contributed by atoms with Crippen molar-refractivity contribution in [2.45, 2.75) is 19.0 Å². The second kappa shape index (κ2) is 5.44. The second-order valence-corrected chi connectivity index (χ2v) is 5.71. The van der Waals surface area contributed by atoms with Gasteiger partial charge in [-0.05, 0) is 46.6 Å². The summed E-state index contributed by atoms with van der Waals surface area (Å²) in [6.45, 7) is -0.226. The van der Waals surface area contributed by atoms with Crippen LogP contribution in [0.5, 0.6) is 0 Å². The Hall–Kier alpha value is -0.950. The summed E-state index contributed by atoms with van der Waals surface area (Å²) in [6, 6.07) is 3.78. The van der Waals surface area contributed by atoms with Gasteiger partial charge in [0.25, 0.3) is 0 Å². The molecule has 1 heterocycles. The van der Waals surface area contributed by atoms with E-state index >= 15 is 0 Å². The number of benzene rings is 1. The summed E-state index contributed by atoms with van der Waals surface area (Å²) in [5, 5.41) is 2.60. The minimum Gasteiger partial charge on any atom is -0.315 e. The maximum atomic E-state index is 13.2. The Morgan fingerprint density at radius 2 is 2.10 bits per heavy atom. The topological polar surface area (TPSA) is 29.1 Å². The molecule has 0 saturated carbocycles. The highest BCUT2D eigenvalue weighted by atomic mass is 79.9. The molecule has 0 aromatic heterocycles. The number of rotatable bonds is 3. The van der Waals surface area contributed by atoms with Crippen LogP contribution in [0.4, 0.5) is 17.6 Å². The van der Waals surface area contributed by atoms with Crippen molar-refractivity contribution in [3.63, 3.8) is 0 Å². The van der Waals surface area contributed by atoms with Crippen LogP contribution in [0.25, 0.3) is 0 Å². The van der Waals surface area contributed by atoms with E-state index in [2.05, 4.69) is 21.2 Å². The quantitative estimate of drug-likeness (QED) is 0.845. The van der Waals surface area contributed by atoms with Crippen LogP contribution >= 0.6 is 15.9 Å².